The third kappa shape index (κ3) is 6.72. The maximum absolute atomic E-state index is 5.87. The number of nitrogens with zero attached hydrogens (tertiary/aromatic N) is 2. The zero-order valence-corrected chi connectivity index (χ0v) is 12.7. The Bertz CT molecular complexity index is 199. The SMILES string of the molecule is CCCCCN1CCO[C@@H](CCN(C)CCC)C1. The Morgan fingerprint density at radius 1 is 1.17 bits per heavy atom. The van der Waals surface area contributed by atoms with Crippen LogP contribution in [0.3, 0.4) is 0 Å². The van der Waals surface area contributed by atoms with E-state index in [1.165, 1.54) is 51.7 Å². The van der Waals surface area contributed by atoms with Gasteiger partial charge in [-0.2, -0.15) is 0 Å². The molecule has 0 aliphatic carbocycles. The minimum atomic E-state index is 0.458. The summed E-state index contributed by atoms with van der Waals surface area (Å²) < 4.78 is 5.87. The van der Waals surface area contributed by atoms with Crippen molar-refractivity contribution in [2.45, 2.75) is 52.1 Å². The topological polar surface area (TPSA) is 15.7 Å². The smallest absolute Gasteiger partial charge is 0.0714 e. The molecular formula is C15H32N2O. The lowest BCUT2D eigenvalue weighted by atomic mass is 10.1. The van der Waals surface area contributed by atoms with E-state index < -0.39 is 0 Å². The highest BCUT2D eigenvalue weighted by Gasteiger charge is 2.19. The first kappa shape index (κ1) is 15.9. The molecule has 0 saturated carbocycles. The lowest BCUT2D eigenvalue weighted by Gasteiger charge is -2.33. The van der Waals surface area contributed by atoms with Crippen LogP contribution in [-0.2, 0) is 4.74 Å². The Kier molecular flexibility index (Phi) is 8.64. The van der Waals surface area contributed by atoms with Crippen LogP contribution in [0.4, 0.5) is 0 Å². The third-order valence-electron chi connectivity index (χ3n) is 3.74. The second kappa shape index (κ2) is 9.76. The molecule has 108 valence electrons. The summed E-state index contributed by atoms with van der Waals surface area (Å²) in [5.41, 5.74) is 0. The maximum atomic E-state index is 5.87. The molecule has 0 N–H and O–H groups in total. The standard InChI is InChI=1S/C15H32N2O/c1-4-6-7-10-17-12-13-18-15(14-17)8-11-16(3)9-5-2/h15H,4-14H2,1-3H3/t15-/m0/s1. The molecule has 0 bridgehead atoms. The minimum absolute atomic E-state index is 0.458. The maximum Gasteiger partial charge on any atom is 0.0714 e. The molecule has 1 heterocycles. The summed E-state index contributed by atoms with van der Waals surface area (Å²) in [6.07, 6.45) is 6.90. The summed E-state index contributed by atoms with van der Waals surface area (Å²) in [4.78, 5) is 5.00. The van der Waals surface area contributed by atoms with Crippen molar-refractivity contribution < 1.29 is 4.74 Å². The van der Waals surface area contributed by atoms with Gasteiger partial charge in [-0.25, -0.2) is 0 Å². The molecule has 3 nitrogen and oxygen atoms in total. The average Bonchev–Trinajstić information content (AvgIpc) is 2.38. The Morgan fingerprint density at radius 2 is 2.00 bits per heavy atom. The number of hydrogen-bond donors (Lipinski definition) is 0. The van der Waals surface area contributed by atoms with E-state index in [9.17, 15) is 0 Å². The lowest BCUT2D eigenvalue weighted by molar-refractivity contribution is -0.0351. The number of ether oxygens (including phenoxy) is 1. The van der Waals surface area contributed by atoms with E-state index in [-0.39, 0.29) is 0 Å². The second-order valence-corrected chi connectivity index (χ2v) is 5.59. The van der Waals surface area contributed by atoms with E-state index in [0.29, 0.717) is 6.10 Å². The van der Waals surface area contributed by atoms with Crippen molar-refractivity contribution in [3.63, 3.8) is 0 Å². The Labute approximate surface area is 113 Å². The van der Waals surface area contributed by atoms with Gasteiger partial charge in [0.2, 0.25) is 0 Å². The Morgan fingerprint density at radius 3 is 2.72 bits per heavy atom. The van der Waals surface area contributed by atoms with Crippen LogP contribution in [0.25, 0.3) is 0 Å². The number of unbranched alkanes of at least 4 members (excludes halogenated alkanes) is 2. The monoisotopic (exact) mass is 256 g/mol. The van der Waals surface area contributed by atoms with Crippen LogP contribution < -0.4 is 0 Å². The third-order valence-corrected chi connectivity index (χ3v) is 3.74. The second-order valence-electron chi connectivity index (χ2n) is 5.59. The first-order valence-corrected chi connectivity index (χ1v) is 7.78. The molecule has 0 spiro atoms. The molecule has 0 aromatic heterocycles. The Hall–Kier alpha value is -0.120. The molecule has 0 unspecified atom stereocenters. The number of rotatable bonds is 9. The van der Waals surface area contributed by atoms with Gasteiger partial charge in [0, 0.05) is 19.6 Å². The van der Waals surface area contributed by atoms with E-state index in [0.717, 1.165) is 19.7 Å². The number of hydrogen-bond acceptors (Lipinski definition) is 3. The van der Waals surface area contributed by atoms with Gasteiger partial charge in [-0.05, 0) is 39.4 Å². The highest BCUT2D eigenvalue weighted by molar-refractivity contribution is 4.72. The average molecular weight is 256 g/mol. The normalized spacial score (nSPS) is 21.7. The van der Waals surface area contributed by atoms with Crippen molar-refractivity contribution in [2.75, 3.05) is 46.4 Å². The van der Waals surface area contributed by atoms with Gasteiger partial charge in [-0.1, -0.05) is 26.7 Å². The zero-order chi connectivity index (χ0) is 13.2. The van der Waals surface area contributed by atoms with E-state index in [1.807, 2.05) is 0 Å². The highest BCUT2D eigenvalue weighted by atomic mass is 16.5. The minimum Gasteiger partial charge on any atom is -0.376 e. The molecule has 1 rings (SSSR count). The first-order valence-electron chi connectivity index (χ1n) is 7.78. The first-order chi connectivity index (χ1) is 8.76. The zero-order valence-electron chi connectivity index (χ0n) is 12.7. The van der Waals surface area contributed by atoms with Gasteiger partial charge in [0.25, 0.3) is 0 Å². The van der Waals surface area contributed by atoms with Gasteiger partial charge in [0.1, 0.15) is 0 Å². The fourth-order valence-corrected chi connectivity index (χ4v) is 2.60. The summed E-state index contributed by atoms with van der Waals surface area (Å²) in [6, 6.07) is 0. The predicted octanol–water partition coefficient (Wildman–Crippen LogP) is 2.61. The fraction of sp³-hybridized carbons (Fsp3) is 1.00. The summed E-state index contributed by atoms with van der Waals surface area (Å²) in [5, 5.41) is 0. The molecule has 3 heteroatoms. The highest BCUT2D eigenvalue weighted by Crippen LogP contribution is 2.10. The predicted molar refractivity (Wildman–Crippen MR) is 78.1 cm³/mol. The number of morpholine rings is 1. The lowest BCUT2D eigenvalue weighted by Crippen LogP contribution is -2.43. The molecular weight excluding hydrogens is 224 g/mol. The molecule has 0 amide bonds. The van der Waals surface area contributed by atoms with Gasteiger partial charge >= 0.3 is 0 Å². The van der Waals surface area contributed by atoms with Crippen LogP contribution in [0.5, 0.6) is 0 Å². The molecule has 0 aromatic rings. The van der Waals surface area contributed by atoms with Gasteiger partial charge in [0.15, 0.2) is 0 Å². The van der Waals surface area contributed by atoms with E-state index >= 15 is 0 Å². The molecule has 1 aliphatic heterocycles. The summed E-state index contributed by atoms with van der Waals surface area (Å²) in [5.74, 6) is 0. The van der Waals surface area contributed by atoms with Crippen molar-refractivity contribution in [3.8, 4) is 0 Å². The van der Waals surface area contributed by atoms with Gasteiger partial charge in [-0.15, -0.1) is 0 Å². The summed E-state index contributed by atoms with van der Waals surface area (Å²) >= 11 is 0. The van der Waals surface area contributed by atoms with Crippen molar-refractivity contribution in [1.29, 1.82) is 0 Å². The van der Waals surface area contributed by atoms with Crippen LogP contribution in [0.1, 0.15) is 46.0 Å². The van der Waals surface area contributed by atoms with Crippen LogP contribution in [-0.4, -0.2) is 62.3 Å². The van der Waals surface area contributed by atoms with Crippen molar-refractivity contribution in [1.82, 2.24) is 9.80 Å². The van der Waals surface area contributed by atoms with Crippen molar-refractivity contribution >= 4 is 0 Å². The Balaban J connectivity index is 2.14. The van der Waals surface area contributed by atoms with Crippen LogP contribution in [0, 0.1) is 0 Å². The van der Waals surface area contributed by atoms with Gasteiger partial charge < -0.3 is 9.64 Å². The van der Waals surface area contributed by atoms with E-state index in [1.54, 1.807) is 0 Å². The van der Waals surface area contributed by atoms with Gasteiger partial charge in [-0.3, -0.25) is 4.90 Å². The van der Waals surface area contributed by atoms with Crippen LogP contribution in [0.2, 0.25) is 0 Å². The van der Waals surface area contributed by atoms with E-state index in [4.69, 9.17) is 4.74 Å². The van der Waals surface area contributed by atoms with Crippen LogP contribution >= 0.6 is 0 Å². The molecule has 0 radical (unpaired) electrons. The van der Waals surface area contributed by atoms with E-state index in [2.05, 4.69) is 30.7 Å². The molecule has 18 heavy (non-hydrogen) atoms. The fourth-order valence-electron chi connectivity index (χ4n) is 2.60. The van der Waals surface area contributed by atoms with Gasteiger partial charge in [0.05, 0.1) is 12.7 Å². The van der Waals surface area contributed by atoms with Crippen molar-refractivity contribution in [2.24, 2.45) is 0 Å². The quantitative estimate of drug-likeness (QED) is 0.590. The summed E-state index contributed by atoms with van der Waals surface area (Å²) in [7, 11) is 2.21. The molecule has 1 atom stereocenters. The molecule has 1 fully saturated rings. The molecule has 1 aliphatic rings. The molecule has 1 saturated heterocycles. The largest absolute Gasteiger partial charge is 0.376 e. The van der Waals surface area contributed by atoms with Crippen molar-refractivity contribution in [3.05, 3.63) is 0 Å². The molecule has 0 aromatic carbocycles. The summed E-state index contributed by atoms with van der Waals surface area (Å²) in [6.45, 7) is 11.3. The van der Waals surface area contributed by atoms with Crippen LogP contribution in [0.15, 0.2) is 0 Å².